The third-order valence-corrected chi connectivity index (χ3v) is 4.46. The van der Waals surface area contributed by atoms with E-state index >= 15 is 0 Å². The molecule has 3 aliphatic rings. The molecular formula is C5H4Cl2. The molecule has 0 bridgehead atoms. The van der Waals surface area contributed by atoms with Crippen molar-refractivity contribution in [3.8, 4) is 0 Å². The molecule has 0 aliphatic heterocycles. The molecule has 0 radical (unpaired) electrons. The van der Waals surface area contributed by atoms with Crippen molar-refractivity contribution in [2.24, 2.45) is 10.8 Å². The van der Waals surface area contributed by atoms with E-state index in [2.05, 4.69) is 0 Å². The Labute approximate surface area is 51.8 Å². The van der Waals surface area contributed by atoms with Crippen molar-refractivity contribution in [3.63, 3.8) is 0 Å². The van der Waals surface area contributed by atoms with E-state index in [1.807, 2.05) is 0 Å². The van der Waals surface area contributed by atoms with Gasteiger partial charge in [-0.15, -0.1) is 23.2 Å². The van der Waals surface area contributed by atoms with Gasteiger partial charge in [0, 0.05) is 10.8 Å². The molecule has 0 unspecified atom stereocenters. The molecule has 7 heavy (non-hydrogen) atoms. The van der Waals surface area contributed by atoms with Crippen molar-refractivity contribution in [2.75, 3.05) is 0 Å². The van der Waals surface area contributed by atoms with Gasteiger partial charge in [-0.1, -0.05) is 0 Å². The van der Waals surface area contributed by atoms with Crippen LogP contribution in [0.1, 0.15) is 12.8 Å². The quantitative estimate of drug-likeness (QED) is 0.445. The molecule has 0 aromatic rings. The van der Waals surface area contributed by atoms with Crippen molar-refractivity contribution in [3.05, 3.63) is 0 Å². The first-order valence-corrected chi connectivity index (χ1v) is 3.30. The minimum Gasteiger partial charge on any atom is -0.100 e. The maximum atomic E-state index is 5.79. The summed E-state index contributed by atoms with van der Waals surface area (Å²) in [4.78, 5) is 0. The third-order valence-electron chi connectivity index (χ3n) is 3.01. The average Bonchev–Trinajstić information content (AvgIpc) is 2.11. The van der Waals surface area contributed by atoms with Crippen molar-refractivity contribution in [1.29, 1.82) is 0 Å². The van der Waals surface area contributed by atoms with Crippen molar-refractivity contribution in [1.82, 2.24) is 0 Å². The summed E-state index contributed by atoms with van der Waals surface area (Å²) in [6.45, 7) is 0. The first-order valence-electron chi connectivity index (χ1n) is 2.54. The molecule has 0 aromatic carbocycles. The Hall–Kier alpha value is 0.580. The van der Waals surface area contributed by atoms with Crippen LogP contribution in [0.5, 0.6) is 0 Å². The van der Waals surface area contributed by atoms with Gasteiger partial charge in [0.05, 0.1) is 0 Å². The third kappa shape index (κ3) is 0.122. The van der Waals surface area contributed by atoms with Crippen LogP contribution in [0.15, 0.2) is 0 Å². The van der Waals surface area contributed by atoms with Crippen LogP contribution in [-0.2, 0) is 0 Å². The second kappa shape index (κ2) is 0.484. The average molecular weight is 135 g/mol. The van der Waals surface area contributed by atoms with Crippen molar-refractivity contribution >= 4 is 23.2 Å². The summed E-state index contributed by atoms with van der Waals surface area (Å²) in [7, 11) is 0. The zero-order chi connectivity index (χ0) is 4.91. The SMILES string of the molecule is ClC1(Cl)C23CC12C3. The Morgan fingerprint density at radius 1 is 1.00 bits per heavy atom. The Balaban J connectivity index is 2.20. The summed E-state index contributed by atoms with van der Waals surface area (Å²) in [5, 5.41) is 0. The van der Waals surface area contributed by atoms with E-state index in [9.17, 15) is 0 Å². The van der Waals surface area contributed by atoms with Gasteiger partial charge in [-0.05, 0) is 12.8 Å². The summed E-state index contributed by atoms with van der Waals surface area (Å²) in [5.41, 5.74) is 0.978. The molecule has 2 heteroatoms. The van der Waals surface area contributed by atoms with E-state index < -0.39 is 0 Å². The Morgan fingerprint density at radius 3 is 1.29 bits per heavy atom. The smallest absolute Gasteiger partial charge is 0.100 e. The van der Waals surface area contributed by atoms with Gasteiger partial charge in [-0.2, -0.15) is 0 Å². The number of alkyl halides is 2. The van der Waals surface area contributed by atoms with Crippen LogP contribution in [0.4, 0.5) is 0 Å². The molecule has 3 saturated carbocycles. The lowest BCUT2D eigenvalue weighted by molar-refractivity contribution is 0.446. The molecule has 0 spiro atoms. The number of hydrogen-bond donors (Lipinski definition) is 0. The summed E-state index contributed by atoms with van der Waals surface area (Å²) in [6.07, 6.45) is 2.65. The molecule has 0 atom stereocenters. The molecule has 3 rings (SSSR count). The molecule has 0 amide bonds. The fourth-order valence-corrected chi connectivity index (χ4v) is 3.03. The molecule has 0 saturated heterocycles. The number of hydrogen-bond acceptors (Lipinski definition) is 0. The summed E-state index contributed by atoms with van der Waals surface area (Å²) < 4.78 is -0.236. The van der Waals surface area contributed by atoms with Gasteiger partial charge in [0.15, 0.2) is 0 Å². The van der Waals surface area contributed by atoms with Gasteiger partial charge in [-0.25, -0.2) is 0 Å². The fraction of sp³-hybridized carbons (Fsp3) is 1.00. The number of halogens is 2. The van der Waals surface area contributed by atoms with Crippen LogP contribution >= 0.6 is 23.2 Å². The Bertz CT molecular complexity index is 138. The molecule has 38 valence electrons. The zero-order valence-corrected chi connectivity index (χ0v) is 5.18. The molecule has 0 heterocycles. The van der Waals surface area contributed by atoms with Crippen LogP contribution in [0.3, 0.4) is 0 Å². The van der Waals surface area contributed by atoms with Gasteiger partial charge in [0.2, 0.25) is 0 Å². The highest BCUT2D eigenvalue weighted by atomic mass is 35.5. The predicted octanol–water partition coefficient (Wildman–Crippen LogP) is 1.95. The monoisotopic (exact) mass is 134 g/mol. The predicted molar refractivity (Wildman–Crippen MR) is 28.5 cm³/mol. The van der Waals surface area contributed by atoms with Gasteiger partial charge >= 0.3 is 0 Å². The molecule has 0 aromatic heterocycles. The summed E-state index contributed by atoms with van der Waals surface area (Å²) >= 11 is 11.6. The molecule has 0 N–H and O–H groups in total. The highest BCUT2D eigenvalue weighted by Crippen LogP contribution is 3.13. The normalized spacial score (nSPS) is 76.3. The largest absolute Gasteiger partial charge is 0.130 e. The van der Waals surface area contributed by atoms with E-state index in [1.54, 1.807) is 0 Å². The minimum absolute atomic E-state index is 0.236. The fourth-order valence-electron chi connectivity index (χ4n) is 1.86. The maximum Gasteiger partial charge on any atom is 0.130 e. The van der Waals surface area contributed by atoms with E-state index in [0.29, 0.717) is 10.8 Å². The second-order valence-corrected chi connectivity index (χ2v) is 4.42. The van der Waals surface area contributed by atoms with Crippen LogP contribution < -0.4 is 0 Å². The molecule has 0 nitrogen and oxygen atoms in total. The van der Waals surface area contributed by atoms with Crippen LogP contribution in [0, 0.1) is 10.8 Å². The number of rotatable bonds is 0. The Kier molecular flexibility index (Phi) is 0.247. The molecule has 3 aliphatic carbocycles. The standard InChI is InChI=1S/C5H4Cl2/c6-5(7)3-1-4(3,5)2-3/h1-2H2. The maximum absolute atomic E-state index is 5.79. The van der Waals surface area contributed by atoms with E-state index in [4.69, 9.17) is 23.2 Å². The lowest BCUT2D eigenvalue weighted by Gasteiger charge is -2.22. The van der Waals surface area contributed by atoms with E-state index in [1.165, 1.54) is 12.8 Å². The Morgan fingerprint density at radius 2 is 1.29 bits per heavy atom. The van der Waals surface area contributed by atoms with Gasteiger partial charge in [-0.3, -0.25) is 0 Å². The van der Waals surface area contributed by atoms with E-state index in [-0.39, 0.29) is 4.33 Å². The lowest BCUT2D eigenvalue weighted by atomic mass is 10.00. The van der Waals surface area contributed by atoms with Crippen LogP contribution in [-0.4, -0.2) is 4.33 Å². The van der Waals surface area contributed by atoms with Crippen LogP contribution in [0.2, 0.25) is 0 Å². The second-order valence-electron chi connectivity index (χ2n) is 3.09. The first kappa shape index (κ1) is 3.58. The zero-order valence-electron chi connectivity index (χ0n) is 3.67. The topological polar surface area (TPSA) is 0 Å². The summed E-state index contributed by atoms with van der Waals surface area (Å²) in [5.74, 6) is 0. The highest BCUT2D eigenvalue weighted by Gasteiger charge is 3.13. The van der Waals surface area contributed by atoms with E-state index in [0.717, 1.165) is 0 Å². The van der Waals surface area contributed by atoms with Crippen molar-refractivity contribution < 1.29 is 0 Å². The van der Waals surface area contributed by atoms with Gasteiger partial charge in [0.1, 0.15) is 4.33 Å². The van der Waals surface area contributed by atoms with Gasteiger partial charge in [0.25, 0.3) is 0 Å². The van der Waals surface area contributed by atoms with Crippen molar-refractivity contribution in [2.45, 2.75) is 17.2 Å². The molecule has 3 fully saturated rings. The summed E-state index contributed by atoms with van der Waals surface area (Å²) in [6, 6.07) is 0. The highest BCUT2D eigenvalue weighted by molar-refractivity contribution is 6.55. The minimum atomic E-state index is -0.236. The van der Waals surface area contributed by atoms with Gasteiger partial charge < -0.3 is 0 Å². The lowest BCUT2D eigenvalue weighted by Crippen LogP contribution is -2.21. The van der Waals surface area contributed by atoms with Crippen LogP contribution in [0.25, 0.3) is 0 Å². The molecular weight excluding hydrogens is 131 g/mol. The first-order chi connectivity index (χ1) is 3.16.